The fourth-order valence-corrected chi connectivity index (χ4v) is 2.33. The number of aromatic amines is 2. The van der Waals surface area contributed by atoms with Crippen LogP contribution in [-0.2, 0) is 6.42 Å². The summed E-state index contributed by atoms with van der Waals surface area (Å²) in [4.78, 5) is 12.1. The van der Waals surface area contributed by atoms with Crippen LogP contribution in [0.15, 0.2) is 30.5 Å². The highest BCUT2D eigenvalue weighted by atomic mass is 16.1. The standard InChI is InChI=1S/C15H17N5O/c1-10-11(9-17-18-10)5-4-8-16-15(21)14-12-6-2-3-7-13(12)19-20-14/h2-3,6-7,9H,4-5,8H2,1H3,(H,16,21)(H,17,18)(H,19,20). The number of carbonyl (C=O) groups excluding carboxylic acids is 1. The topological polar surface area (TPSA) is 86.5 Å². The van der Waals surface area contributed by atoms with E-state index in [1.807, 2.05) is 37.4 Å². The number of aryl methyl sites for hydroxylation is 2. The van der Waals surface area contributed by atoms with Crippen LogP contribution in [0.2, 0.25) is 0 Å². The largest absolute Gasteiger partial charge is 0.351 e. The summed E-state index contributed by atoms with van der Waals surface area (Å²) in [6.45, 7) is 2.61. The van der Waals surface area contributed by atoms with Gasteiger partial charge in [0, 0.05) is 17.6 Å². The summed E-state index contributed by atoms with van der Waals surface area (Å²) in [6, 6.07) is 7.61. The molecule has 21 heavy (non-hydrogen) atoms. The normalized spacial score (nSPS) is 10.9. The lowest BCUT2D eigenvalue weighted by molar-refractivity contribution is 0.0950. The first kappa shape index (κ1) is 13.4. The maximum absolute atomic E-state index is 12.1. The Balaban J connectivity index is 1.56. The molecule has 0 aliphatic rings. The molecule has 3 aromatic rings. The molecule has 0 saturated carbocycles. The van der Waals surface area contributed by atoms with E-state index >= 15 is 0 Å². The zero-order chi connectivity index (χ0) is 14.7. The smallest absolute Gasteiger partial charge is 0.272 e. The molecule has 1 aromatic carbocycles. The molecule has 2 heterocycles. The summed E-state index contributed by atoms with van der Waals surface area (Å²) in [5, 5.41) is 17.6. The minimum Gasteiger partial charge on any atom is -0.351 e. The number of hydrogen-bond donors (Lipinski definition) is 3. The lowest BCUT2D eigenvalue weighted by atomic mass is 10.1. The molecule has 0 bridgehead atoms. The first-order valence-electron chi connectivity index (χ1n) is 6.96. The van der Waals surface area contributed by atoms with Gasteiger partial charge in [0.1, 0.15) is 0 Å². The van der Waals surface area contributed by atoms with Gasteiger partial charge in [0.2, 0.25) is 0 Å². The molecule has 0 saturated heterocycles. The van der Waals surface area contributed by atoms with Crippen molar-refractivity contribution in [3.63, 3.8) is 0 Å². The van der Waals surface area contributed by atoms with Crippen molar-refractivity contribution >= 4 is 16.8 Å². The molecule has 108 valence electrons. The van der Waals surface area contributed by atoms with Gasteiger partial charge in [-0.15, -0.1) is 0 Å². The third kappa shape index (κ3) is 2.79. The Kier molecular flexibility index (Phi) is 3.68. The van der Waals surface area contributed by atoms with Crippen molar-refractivity contribution in [2.75, 3.05) is 6.54 Å². The summed E-state index contributed by atoms with van der Waals surface area (Å²) in [5.74, 6) is -0.142. The number of H-pyrrole nitrogens is 2. The fourth-order valence-electron chi connectivity index (χ4n) is 2.33. The van der Waals surface area contributed by atoms with E-state index in [4.69, 9.17) is 0 Å². The molecule has 0 atom stereocenters. The van der Waals surface area contributed by atoms with Crippen molar-refractivity contribution in [1.82, 2.24) is 25.7 Å². The summed E-state index contributed by atoms with van der Waals surface area (Å²) < 4.78 is 0. The highest BCUT2D eigenvalue weighted by Crippen LogP contribution is 2.14. The Labute approximate surface area is 122 Å². The van der Waals surface area contributed by atoms with Gasteiger partial charge in [-0.1, -0.05) is 18.2 Å². The van der Waals surface area contributed by atoms with Crippen LogP contribution in [0.1, 0.15) is 28.2 Å². The van der Waals surface area contributed by atoms with E-state index in [1.165, 1.54) is 5.56 Å². The van der Waals surface area contributed by atoms with E-state index in [2.05, 4.69) is 25.7 Å². The van der Waals surface area contributed by atoms with Gasteiger partial charge in [0.15, 0.2) is 5.69 Å². The van der Waals surface area contributed by atoms with Crippen LogP contribution in [0.25, 0.3) is 10.9 Å². The molecule has 6 nitrogen and oxygen atoms in total. The second-order valence-corrected chi connectivity index (χ2v) is 5.00. The predicted molar refractivity (Wildman–Crippen MR) is 80.1 cm³/mol. The predicted octanol–water partition coefficient (Wildman–Crippen LogP) is 1.96. The lowest BCUT2D eigenvalue weighted by Crippen LogP contribution is -2.25. The van der Waals surface area contributed by atoms with Gasteiger partial charge in [-0.25, -0.2) is 0 Å². The molecule has 0 spiro atoms. The molecule has 1 amide bonds. The summed E-state index contributed by atoms with van der Waals surface area (Å²) in [6.07, 6.45) is 3.59. The van der Waals surface area contributed by atoms with Crippen LogP contribution in [-0.4, -0.2) is 32.8 Å². The van der Waals surface area contributed by atoms with Crippen LogP contribution in [0.5, 0.6) is 0 Å². The molecule has 0 fully saturated rings. The van der Waals surface area contributed by atoms with Crippen LogP contribution in [0, 0.1) is 6.92 Å². The van der Waals surface area contributed by atoms with Crippen LogP contribution in [0.3, 0.4) is 0 Å². The third-order valence-electron chi connectivity index (χ3n) is 3.53. The Morgan fingerprint density at radius 1 is 1.29 bits per heavy atom. The monoisotopic (exact) mass is 283 g/mol. The maximum atomic E-state index is 12.1. The van der Waals surface area contributed by atoms with Crippen molar-refractivity contribution in [3.05, 3.63) is 47.4 Å². The number of benzene rings is 1. The van der Waals surface area contributed by atoms with E-state index in [0.717, 1.165) is 29.4 Å². The van der Waals surface area contributed by atoms with Crippen molar-refractivity contribution in [1.29, 1.82) is 0 Å². The first-order chi connectivity index (χ1) is 10.3. The summed E-state index contributed by atoms with van der Waals surface area (Å²) in [5.41, 5.74) is 3.59. The van der Waals surface area contributed by atoms with E-state index in [9.17, 15) is 4.79 Å². The van der Waals surface area contributed by atoms with Crippen LogP contribution < -0.4 is 5.32 Å². The van der Waals surface area contributed by atoms with Gasteiger partial charge in [0.25, 0.3) is 5.91 Å². The van der Waals surface area contributed by atoms with Gasteiger partial charge in [-0.05, 0) is 31.4 Å². The van der Waals surface area contributed by atoms with Crippen molar-refractivity contribution in [3.8, 4) is 0 Å². The quantitative estimate of drug-likeness (QED) is 0.626. The molecule has 0 aliphatic heterocycles. The van der Waals surface area contributed by atoms with E-state index in [0.29, 0.717) is 12.2 Å². The SMILES string of the molecule is Cc1[nH]ncc1CCCNC(=O)c1n[nH]c2ccccc12. The van der Waals surface area contributed by atoms with Crippen LogP contribution >= 0.6 is 0 Å². The number of hydrogen-bond acceptors (Lipinski definition) is 3. The summed E-state index contributed by atoms with van der Waals surface area (Å²) >= 11 is 0. The van der Waals surface area contributed by atoms with Gasteiger partial charge in [0.05, 0.1) is 11.7 Å². The van der Waals surface area contributed by atoms with E-state index in [1.54, 1.807) is 0 Å². The van der Waals surface area contributed by atoms with Crippen molar-refractivity contribution in [2.45, 2.75) is 19.8 Å². The highest BCUT2D eigenvalue weighted by molar-refractivity contribution is 6.04. The number of rotatable bonds is 5. The highest BCUT2D eigenvalue weighted by Gasteiger charge is 2.12. The van der Waals surface area contributed by atoms with E-state index < -0.39 is 0 Å². The number of nitrogens with zero attached hydrogens (tertiary/aromatic N) is 2. The minimum atomic E-state index is -0.142. The number of nitrogens with one attached hydrogen (secondary N) is 3. The minimum absolute atomic E-state index is 0.142. The van der Waals surface area contributed by atoms with Crippen LogP contribution in [0.4, 0.5) is 0 Å². The molecule has 0 unspecified atom stereocenters. The Hall–Kier alpha value is -2.63. The Morgan fingerprint density at radius 2 is 2.14 bits per heavy atom. The number of para-hydroxylation sites is 1. The average molecular weight is 283 g/mol. The number of fused-ring (bicyclic) bond motifs is 1. The summed E-state index contributed by atoms with van der Waals surface area (Å²) in [7, 11) is 0. The molecule has 3 rings (SSSR count). The second kappa shape index (κ2) is 5.78. The van der Waals surface area contributed by atoms with Gasteiger partial charge in [-0.3, -0.25) is 15.0 Å². The molecule has 0 radical (unpaired) electrons. The molecule has 3 N–H and O–H groups in total. The molecule has 2 aromatic heterocycles. The lowest BCUT2D eigenvalue weighted by Gasteiger charge is -2.03. The van der Waals surface area contributed by atoms with Crippen molar-refractivity contribution in [2.24, 2.45) is 0 Å². The number of carbonyl (C=O) groups is 1. The second-order valence-electron chi connectivity index (χ2n) is 5.00. The fraction of sp³-hybridized carbons (Fsp3) is 0.267. The first-order valence-corrected chi connectivity index (χ1v) is 6.96. The molecular weight excluding hydrogens is 266 g/mol. The zero-order valence-corrected chi connectivity index (χ0v) is 11.8. The van der Waals surface area contributed by atoms with Gasteiger partial charge < -0.3 is 5.32 Å². The number of aromatic nitrogens is 4. The third-order valence-corrected chi connectivity index (χ3v) is 3.53. The maximum Gasteiger partial charge on any atom is 0.272 e. The van der Waals surface area contributed by atoms with Crippen molar-refractivity contribution < 1.29 is 4.79 Å². The molecular formula is C15H17N5O. The Bertz CT molecular complexity index is 758. The zero-order valence-electron chi connectivity index (χ0n) is 11.8. The van der Waals surface area contributed by atoms with Gasteiger partial charge in [-0.2, -0.15) is 10.2 Å². The molecule has 6 heteroatoms. The number of amides is 1. The van der Waals surface area contributed by atoms with E-state index in [-0.39, 0.29) is 5.91 Å². The average Bonchev–Trinajstić information content (AvgIpc) is 3.10. The Morgan fingerprint density at radius 3 is 2.95 bits per heavy atom. The van der Waals surface area contributed by atoms with Gasteiger partial charge >= 0.3 is 0 Å². The molecule has 0 aliphatic carbocycles.